The minimum atomic E-state index is 0.899. The highest BCUT2D eigenvalue weighted by atomic mass is 14.5. The van der Waals surface area contributed by atoms with Crippen molar-refractivity contribution in [2.24, 2.45) is 23.7 Å². The van der Waals surface area contributed by atoms with E-state index in [0.29, 0.717) is 0 Å². The average molecular weight is 164 g/mol. The Hall–Kier alpha value is -0.260. The van der Waals surface area contributed by atoms with Crippen molar-refractivity contribution in [3.8, 4) is 0 Å². The van der Waals surface area contributed by atoms with Crippen molar-refractivity contribution in [1.29, 1.82) is 0 Å². The predicted molar refractivity (Wildman–Crippen MR) is 52.9 cm³/mol. The van der Waals surface area contributed by atoms with Gasteiger partial charge in [-0.25, -0.2) is 0 Å². The molecule has 68 valence electrons. The number of hydrogen-bond donors (Lipinski definition) is 0. The standard InChI is InChI=1S/C12H20/c1-8(2)12-10-4-5-11(12)7-9(3)6-10/h8,10-12H,3-7H2,1-2H3. The Morgan fingerprint density at radius 1 is 1.17 bits per heavy atom. The Morgan fingerprint density at radius 3 is 2.08 bits per heavy atom. The molecule has 2 bridgehead atoms. The van der Waals surface area contributed by atoms with Crippen molar-refractivity contribution in [3.63, 3.8) is 0 Å². The van der Waals surface area contributed by atoms with Crippen molar-refractivity contribution in [1.82, 2.24) is 0 Å². The third-order valence-corrected chi connectivity index (χ3v) is 3.87. The molecule has 2 aliphatic rings. The van der Waals surface area contributed by atoms with Crippen LogP contribution in [-0.4, -0.2) is 0 Å². The van der Waals surface area contributed by atoms with Crippen molar-refractivity contribution >= 4 is 0 Å². The van der Waals surface area contributed by atoms with Gasteiger partial charge in [-0.1, -0.05) is 26.0 Å². The monoisotopic (exact) mass is 164 g/mol. The van der Waals surface area contributed by atoms with Gasteiger partial charge in [-0.2, -0.15) is 0 Å². The smallest absolute Gasteiger partial charge is 0.0292 e. The molecule has 0 nitrogen and oxygen atoms in total. The van der Waals surface area contributed by atoms with Gasteiger partial charge in [0.25, 0.3) is 0 Å². The highest BCUT2D eigenvalue weighted by Gasteiger charge is 2.41. The van der Waals surface area contributed by atoms with E-state index in [9.17, 15) is 0 Å². The van der Waals surface area contributed by atoms with Crippen LogP contribution in [0.1, 0.15) is 39.5 Å². The van der Waals surface area contributed by atoms with Crippen molar-refractivity contribution in [2.45, 2.75) is 39.5 Å². The molecule has 0 amide bonds. The maximum Gasteiger partial charge on any atom is -0.0292 e. The topological polar surface area (TPSA) is 0 Å². The summed E-state index contributed by atoms with van der Waals surface area (Å²) in [6, 6.07) is 0. The zero-order chi connectivity index (χ0) is 8.72. The molecule has 2 rings (SSSR count). The summed E-state index contributed by atoms with van der Waals surface area (Å²) < 4.78 is 0. The van der Waals surface area contributed by atoms with E-state index in [0.717, 1.165) is 23.7 Å². The van der Waals surface area contributed by atoms with E-state index >= 15 is 0 Å². The largest absolute Gasteiger partial charge is 0.0998 e. The number of rotatable bonds is 1. The van der Waals surface area contributed by atoms with Gasteiger partial charge in [0.2, 0.25) is 0 Å². The maximum atomic E-state index is 4.15. The van der Waals surface area contributed by atoms with Gasteiger partial charge in [0, 0.05) is 0 Å². The predicted octanol–water partition coefficient (Wildman–Crippen LogP) is 3.63. The number of fused-ring (bicyclic) bond motifs is 2. The summed E-state index contributed by atoms with van der Waals surface area (Å²) >= 11 is 0. The second-order valence-electron chi connectivity index (χ2n) is 5.08. The van der Waals surface area contributed by atoms with Gasteiger partial charge in [-0.15, -0.1) is 0 Å². The highest BCUT2D eigenvalue weighted by Crippen LogP contribution is 2.51. The normalized spacial score (nSPS) is 40.9. The van der Waals surface area contributed by atoms with Gasteiger partial charge in [-0.3, -0.25) is 0 Å². The molecule has 2 saturated carbocycles. The lowest BCUT2D eigenvalue weighted by molar-refractivity contribution is 0.201. The third kappa shape index (κ3) is 1.22. The zero-order valence-corrected chi connectivity index (χ0v) is 8.34. The molecule has 0 heteroatoms. The quantitative estimate of drug-likeness (QED) is 0.519. The molecule has 0 aliphatic heterocycles. The third-order valence-electron chi connectivity index (χ3n) is 3.87. The lowest BCUT2D eigenvalue weighted by Crippen LogP contribution is -2.25. The van der Waals surface area contributed by atoms with Crippen LogP contribution in [0.25, 0.3) is 0 Å². The second kappa shape index (κ2) is 2.90. The van der Waals surface area contributed by atoms with Gasteiger partial charge >= 0.3 is 0 Å². The Bertz CT molecular complexity index is 174. The number of allylic oxidation sites excluding steroid dienone is 1. The maximum absolute atomic E-state index is 4.15. The van der Waals surface area contributed by atoms with Gasteiger partial charge in [0.1, 0.15) is 0 Å². The van der Waals surface area contributed by atoms with E-state index < -0.39 is 0 Å². The van der Waals surface area contributed by atoms with Crippen molar-refractivity contribution < 1.29 is 0 Å². The summed E-state index contributed by atoms with van der Waals surface area (Å²) in [6.07, 6.45) is 5.62. The van der Waals surface area contributed by atoms with E-state index in [1.54, 1.807) is 0 Å². The molecule has 2 unspecified atom stereocenters. The van der Waals surface area contributed by atoms with Gasteiger partial charge in [-0.05, 0) is 49.4 Å². The summed E-state index contributed by atoms with van der Waals surface area (Å²) in [5.41, 5.74) is 1.53. The van der Waals surface area contributed by atoms with E-state index in [2.05, 4.69) is 20.4 Å². The first-order chi connectivity index (χ1) is 5.68. The van der Waals surface area contributed by atoms with E-state index in [-0.39, 0.29) is 0 Å². The van der Waals surface area contributed by atoms with Gasteiger partial charge in [0.15, 0.2) is 0 Å². The molecule has 0 heterocycles. The van der Waals surface area contributed by atoms with Crippen molar-refractivity contribution in [3.05, 3.63) is 12.2 Å². The summed E-state index contributed by atoms with van der Waals surface area (Å²) in [6.45, 7) is 8.93. The molecule has 2 fully saturated rings. The van der Waals surface area contributed by atoms with Crippen LogP contribution in [-0.2, 0) is 0 Å². The molecular formula is C12H20. The van der Waals surface area contributed by atoms with Crippen LogP contribution in [0.2, 0.25) is 0 Å². The van der Waals surface area contributed by atoms with E-state index in [4.69, 9.17) is 0 Å². The van der Waals surface area contributed by atoms with Gasteiger partial charge in [0.05, 0.1) is 0 Å². The van der Waals surface area contributed by atoms with Crippen LogP contribution in [0.3, 0.4) is 0 Å². The van der Waals surface area contributed by atoms with Crippen LogP contribution in [0.15, 0.2) is 12.2 Å². The number of hydrogen-bond acceptors (Lipinski definition) is 0. The first kappa shape index (κ1) is 8.34. The molecule has 0 aromatic rings. The molecule has 0 spiro atoms. The molecule has 12 heavy (non-hydrogen) atoms. The lowest BCUT2D eigenvalue weighted by Gasteiger charge is -2.34. The molecule has 0 N–H and O–H groups in total. The van der Waals surface area contributed by atoms with Crippen LogP contribution in [0, 0.1) is 23.7 Å². The Labute approximate surface area is 76.1 Å². The van der Waals surface area contributed by atoms with Crippen molar-refractivity contribution in [2.75, 3.05) is 0 Å². The first-order valence-electron chi connectivity index (χ1n) is 5.35. The summed E-state index contributed by atoms with van der Waals surface area (Å²) in [5, 5.41) is 0. The highest BCUT2D eigenvalue weighted by molar-refractivity contribution is 5.08. The second-order valence-corrected chi connectivity index (χ2v) is 5.08. The summed E-state index contributed by atoms with van der Waals surface area (Å²) in [7, 11) is 0. The Balaban J connectivity index is 2.14. The zero-order valence-electron chi connectivity index (χ0n) is 8.34. The molecule has 0 saturated heterocycles. The average Bonchev–Trinajstić information content (AvgIpc) is 2.24. The molecule has 0 radical (unpaired) electrons. The van der Waals surface area contributed by atoms with Gasteiger partial charge < -0.3 is 0 Å². The fourth-order valence-corrected chi connectivity index (χ4v) is 3.59. The Kier molecular flexibility index (Phi) is 2.02. The summed E-state index contributed by atoms with van der Waals surface area (Å²) in [5.74, 6) is 3.92. The Morgan fingerprint density at radius 2 is 1.67 bits per heavy atom. The minimum Gasteiger partial charge on any atom is -0.0998 e. The molecule has 2 atom stereocenters. The summed E-state index contributed by atoms with van der Waals surface area (Å²) in [4.78, 5) is 0. The first-order valence-corrected chi connectivity index (χ1v) is 5.35. The SMILES string of the molecule is C=C1CC2CCC(C1)C2C(C)C. The van der Waals surface area contributed by atoms with E-state index in [1.807, 2.05) is 0 Å². The lowest BCUT2D eigenvalue weighted by atomic mass is 9.71. The van der Waals surface area contributed by atoms with Crippen LogP contribution in [0.5, 0.6) is 0 Å². The van der Waals surface area contributed by atoms with Crippen LogP contribution >= 0.6 is 0 Å². The fraction of sp³-hybridized carbons (Fsp3) is 0.833. The van der Waals surface area contributed by atoms with E-state index in [1.165, 1.54) is 31.3 Å². The molecule has 0 aromatic heterocycles. The minimum absolute atomic E-state index is 0.899. The fourth-order valence-electron chi connectivity index (χ4n) is 3.59. The molecular weight excluding hydrogens is 144 g/mol. The molecule has 2 aliphatic carbocycles. The van der Waals surface area contributed by atoms with Crippen LogP contribution in [0.4, 0.5) is 0 Å². The van der Waals surface area contributed by atoms with Crippen LogP contribution < -0.4 is 0 Å². The molecule has 0 aromatic carbocycles.